The number of benzene rings is 1. The second kappa shape index (κ2) is 3.94. The summed E-state index contributed by atoms with van der Waals surface area (Å²) >= 11 is 0. The van der Waals surface area contributed by atoms with Crippen LogP contribution in [0, 0.1) is 6.92 Å². The van der Waals surface area contributed by atoms with Crippen LogP contribution in [0.1, 0.15) is 15.9 Å². The standard InChI is InChI=1S/C10H13NO2/c1-7-6-8(10(12)11-2)4-5-9(7)13-3/h4-6H,1-3H3,(H,11,12). The number of methoxy groups -OCH3 is 1. The van der Waals surface area contributed by atoms with Crippen LogP contribution in [0.25, 0.3) is 0 Å². The molecule has 0 bridgehead atoms. The average molecular weight is 179 g/mol. The van der Waals surface area contributed by atoms with Gasteiger partial charge in [-0.05, 0) is 30.7 Å². The van der Waals surface area contributed by atoms with Gasteiger partial charge < -0.3 is 10.1 Å². The van der Waals surface area contributed by atoms with Crippen molar-refractivity contribution in [2.24, 2.45) is 0 Å². The lowest BCUT2D eigenvalue weighted by Crippen LogP contribution is -2.17. The number of carbonyl (C=O) groups is 1. The van der Waals surface area contributed by atoms with Gasteiger partial charge in [0.2, 0.25) is 0 Å². The van der Waals surface area contributed by atoms with Gasteiger partial charge in [-0.2, -0.15) is 0 Å². The fourth-order valence-electron chi connectivity index (χ4n) is 1.16. The molecule has 1 aromatic rings. The summed E-state index contributed by atoms with van der Waals surface area (Å²) in [5.41, 5.74) is 1.62. The van der Waals surface area contributed by atoms with Crippen LogP contribution in [0.2, 0.25) is 0 Å². The Kier molecular flexibility index (Phi) is 2.90. The third kappa shape index (κ3) is 1.99. The molecule has 0 aromatic heterocycles. The Morgan fingerprint density at radius 2 is 2.15 bits per heavy atom. The Morgan fingerprint density at radius 3 is 2.62 bits per heavy atom. The van der Waals surface area contributed by atoms with Gasteiger partial charge in [0.1, 0.15) is 5.75 Å². The average Bonchev–Trinajstić information content (AvgIpc) is 2.16. The summed E-state index contributed by atoms with van der Waals surface area (Å²) in [6, 6.07) is 5.34. The van der Waals surface area contributed by atoms with Crippen LogP contribution in [-0.4, -0.2) is 20.1 Å². The molecule has 70 valence electrons. The van der Waals surface area contributed by atoms with Crippen molar-refractivity contribution in [3.05, 3.63) is 29.3 Å². The van der Waals surface area contributed by atoms with Gasteiger partial charge in [-0.25, -0.2) is 0 Å². The summed E-state index contributed by atoms with van der Waals surface area (Å²) < 4.78 is 5.08. The minimum atomic E-state index is -0.0780. The largest absolute Gasteiger partial charge is 0.496 e. The van der Waals surface area contributed by atoms with E-state index >= 15 is 0 Å². The molecule has 0 saturated heterocycles. The molecule has 0 aliphatic carbocycles. The van der Waals surface area contributed by atoms with E-state index in [1.54, 1.807) is 32.4 Å². The van der Waals surface area contributed by atoms with Crippen LogP contribution < -0.4 is 10.1 Å². The van der Waals surface area contributed by atoms with Crippen molar-refractivity contribution in [2.75, 3.05) is 14.2 Å². The van der Waals surface area contributed by atoms with E-state index in [0.29, 0.717) is 5.56 Å². The Morgan fingerprint density at radius 1 is 1.46 bits per heavy atom. The van der Waals surface area contributed by atoms with E-state index in [-0.39, 0.29) is 5.91 Å². The molecule has 0 unspecified atom stereocenters. The van der Waals surface area contributed by atoms with Gasteiger partial charge in [0.15, 0.2) is 0 Å². The summed E-state index contributed by atoms with van der Waals surface area (Å²) in [6.45, 7) is 1.91. The van der Waals surface area contributed by atoms with Crippen molar-refractivity contribution in [1.82, 2.24) is 5.32 Å². The SMILES string of the molecule is CNC(=O)c1ccc(OC)c(C)c1. The van der Waals surface area contributed by atoms with Crippen LogP contribution in [-0.2, 0) is 0 Å². The quantitative estimate of drug-likeness (QED) is 0.744. The zero-order chi connectivity index (χ0) is 9.84. The second-order valence-corrected chi connectivity index (χ2v) is 2.76. The molecule has 1 rings (SSSR count). The van der Waals surface area contributed by atoms with Crippen molar-refractivity contribution in [2.45, 2.75) is 6.92 Å². The highest BCUT2D eigenvalue weighted by atomic mass is 16.5. The maximum Gasteiger partial charge on any atom is 0.251 e. The molecule has 13 heavy (non-hydrogen) atoms. The number of hydrogen-bond acceptors (Lipinski definition) is 2. The first-order valence-corrected chi connectivity index (χ1v) is 4.05. The lowest BCUT2D eigenvalue weighted by atomic mass is 10.1. The molecular formula is C10H13NO2. The molecule has 0 saturated carbocycles. The minimum Gasteiger partial charge on any atom is -0.496 e. The molecule has 1 N–H and O–H groups in total. The third-order valence-electron chi connectivity index (χ3n) is 1.88. The summed E-state index contributed by atoms with van der Waals surface area (Å²) in [6.07, 6.45) is 0. The first-order valence-electron chi connectivity index (χ1n) is 4.05. The smallest absolute Gasteiger partial charge is 0.251 e. The van der Waals surface area contributed by atoms with Crippen molar-refractivity contribution in [3.8, 4) is 5.75 Å². The molecular weight excluding hydrogens is 166 g/mol. The normalized spacial score (nSPS) is 9.46. The van der Waals surface area contributed by atoms with Gasteiger partial charge in [0.25, 0.3) is 5.91 Å². The van der Waals surface area contributed by atoms with Crippen molar-refractivity contribution in [1.29, 1.82) is 0 Å². The van der Waals surface area contributed by atoms with Crippen molar-refractivity contribution in [3.63, 3.8) is 0 Å². The van der Waals surface area contributed by atoms with Gasteiger partial charge in [-0.3, -0.25) is 4.79 Å². The maximum absolute atomic E-state index is 11.2. The Labute approximate surface area is 77.7 Å². The minimum absolute atomic E-state index is 0.0780. The molecule has 3 heteroatoms. The number of nitrogens with one attached hydrogen (secondary N) is 1. The first kappa shape index (κ1) is 9.58. The third-order valence-corrected chi connectivity index (χ3v) is 1.88. The highest BCUT2D eigenvalue weighted by Gasteiger charge is 2.05. The summed E-state index contributed by atoms with van der Waals surface area (Å²) in [5.74, 6) is 0.721. The molecule has 0 atom stereocenters. The number of aryl methyl sites for hydroxylation is 1. The zero-order valence-corrected chi connectivity index (χ0v) is 8.05. The van der Waals surface area contributed by atoms with Gasteiger partial charge in [0.05, 0.1) is 7.11 Å². The highest BCUT2D eigenvalue weighted by Crippen LogP contribution is 2.18. The van der Waals surface area contributed by atoms with E-state index in [4.69, 9.17) is 4.74 Å². The van der Waals surface area contributed by atoms with E-state index in [2.05, 4.69) is 5.32 Å². The lowest BCUT2D eigenvalue weighted by Gasteiger charge is -2.05. The van der Waals surface area contributed by atoms with Crippen molar-refractivity contribution >= 4 is 5.91 Å². The number of carbonyl (C=O) groups excluding carboxylic acids is 1. The molecule has 1 amide bonds. The Bertz CT molecular complexity index is 321. The summed E-state index contributed by atoms with van der Waals surface area (Å²) in [5, 5.41) is 2.57. The van der Waals surface area contributed by atoms with E-state index in [1.807, 2.05) is 6.92 Å². The van der Waals surface area contributed by atoms with E-state index < -0.39 is 0 Å². The summed E-state index contributed by atoms with van der Waals surface area (Å²) in [7, 11) is 3.23. The molecule has 0 spiro atoms. The topological polar surface area (TPSA) is 38.3 Å². The molecule has 0 fully saturated rings. The molecule has 1 aromatic carbocycles. The van der Waals surface area contributed by atoms with Crippen LogP contribution in [0.4, 0.5) is 0 Å². The maximum atomic E-state index is 11.2. The molecule has 0 heterocycles. The molecule has 0 aliphatic heterocycles. The summed E-state index contributed by atoms with van der Waals surface area (Å²) in [4.78, 5) is 11.2. The fraction of sp³-hybridized carbons (Fsp3) is 0.300. The lowest BCUT2D eigenvalue weighted by molar-refractivity contribution is 0.0963. The number of ether oxygens (including phenoxy) is 1. The number of amides is 1. The van der Waals surface area contributed by atoms with E-state index in [0.717, 1.165) is 11.3 Å². The second-order valence-electron chi connectivity index (χ2n) is 2.76. The molecule has 0 aliphatic rings. The fourth-order valence-corrected chi connectivity index (χ4v) is 1.16. The van der Waals surface area contributed by atoms with Crippen molar-refractivity contribution < 1.29 is 9.53 Å². The predicted molar refractivity (Wildman–Crippen MR) is 51.1 cm³/mol. The Balaban J connectivity index is 3.02. The molecule has 3 nitrogen and oxygen atoms in total. The predicted octanol–water partition coefficient (Wildman–Crippen LogP) is 1.36. The monoisotopic (exact) mass is 179 g/mol. The van der Waals surface area contributed by atoms with Crippen LogP contribution in [0.5, 0.6) is 5.75 Å². The van der Waals surface area contributed by atoms with Crippen LogP contribution in [0.3, 0.4) is 0 Å². The van der Waals surface area contributed by atoms with E-state index in [9.17, 15) is 4.79 Å². The van der Waals surface area contributed by atoms with Crippen LogP contribution in [0.15, 0.2) is 18.2 Å². The van der Waals surface area contributed by atoms with Gasteiger partial charge in [0, 0.05) is 12.6 Å². The number of rotatable bonds is 2. The van der Waals surface area contributed by atoms with E-state index in [1.165, 1.54) is 0 Å². The van der Waals surface area contributed by atoms with Gasteiger partial charge in [-0.15, -0.1) is 0 Å². The van der Waals surface area contributed by atoms with Crippen LogP contribution >= 0.6 is 0 Å². The zero-order valence-electron chi connectivity index (χ0n) is 8.05. The molecule has 0 radical (unpaired) electrons. The number of hydrogen-bond donors (Lipinski definition) is 1. The highest BCUT2D eigenvalue weighted by molar-refractivity contribution is 5.94. The van der Waals surface area contributed by atoms with Gasteiger partial charge in [-0.1, -0.05) is 0 Å². The first-order chi connectivity index (χ1) is 6.19. The Hall–Kier alpha value is -1.51. The van der Waals surface area contributed by atoms with Gasteiger partial charge >= 0.3 is 0 Å².